The largest absolute Gasteiger partial charge is 0.380 e. The fraction of sp³-hybridized carbons (Fsp3) is 0.500. The van der Waals surface area contributed by atoms with Gasteiger partial charge in [0.2, 0.25) is 0 Å². The normalized spacial score (nSPS) is 23.7. The summed E-state index contributed by atoms with van der Waals surface area (Å²) in [5.74, 6) is 0. The Morgan fingerprint density at radius 2 is 2.11 bits per heavy atom. The third kappa shape index (κ3) is 3.11. The number of nitro benzene ring substituents is 1. The molecular formula is C12H16IN3O2. The lowest BCUT2D eigenvalue weighted by Crippen LogP contribution is -2.42. The van der Waals surface area contributed by atoms with Crippen LogP contribution in [0.25, 0.3) is 0 Å². The van der Waals surface area contributed by atoms with Crippen LogP contribution in [0, 0.1) is 13.7 Å². The molecule has 0 aliphatic heterocycles. The highest BCUT2D eigenvalue weighted by atomic mass is 127. The Morgan fingerprint density at radius 1 is 1.39 bits per heavy atom. The number of hydrogen-bond acceptors (Lipinski definition) is 4. The van der Waals surface area contributed by atoms with Crippen molar-refractivity contribution in [1.29, 1.82) is 0 Å². The lowest BCUT2D eigenvalue weighted by atomic mass is 9.91. The second-order valence-corrected chi connectivity index (χ2v) is 5.78. The maximum Gasteiger partial charge on any atom is 0.270 e. The summed E-state index contributed by atoms with van der Waals surface area (Å²) >= 11 is 2.11. The van der Waals surface area contributed by atoms with E-state index in [-0.39, 0.29) is 22.7 Å². The fourth-order valence-corrected chi connectivity index (χ4v) is 2.93. The lowest BCUT2D eigenvalue weighted by Gasteiger charge is -2.30. The van der Waals surface area contributed by atoms with Crippen LogP contribution in [0.3, 0.4) is 0 Å². The van der Waals surface area contributed by atoms with E-state index in [1.807, 2.05) is 0 Å². The monoisotopic (exact) mass is 361 g/mol. The van der Waals surface area contributed by atoms with E-state index >= 15 is 0 Å². The molecule has 0 aromatic heterocycles. The predicted molar refractivity (Wildman–Crippen MR) is 79.7 cm³/mol. The van der Waals surface area contributed by atoms with Crippen LogP contribution in [-0.4, -0.2) is 17.0 Å². The highest BCUT2D eigenvalue weighted by Gasteiger charge is 2.22. The third-order valence-corrected chi connectivity index (χ3v) is 4.22. The van der Waals surface area contributed by atoms with E-state index in [1.165, 1.54) is 18.9 Å². The van der Waals surface area contributed by atoms with Gasteiger partial charge in [-0.05, 0) is 41.5 Å². The molecule has 6 heteroatoms. The summed E-state index contributed by atoms with van der Waals surface area (Å²) in [6.07, 6.45) is 4.49. The average molecular weight is 361 g/mol. The van der Waals surface area contributed by atoms with Gasteiger partial charge in [-0.1, -0.05) is 12.8 Å². The summed E-state index contributed by atoms with van der Waals surface area (Å²) in [6, 6.07) is 5.32. The molecule has 0 unspecified atom stereocenters. The van der Waals surface area contributed by atoms with Crippen molar-refractivity contribution < 1.29 is 4.92 Å². The molecule has 1 aliphatic rings. The first-order chi connectivity index (χ1) is 8.58. The summed E-state index contributed by atoms with van der Waals surface area (Å²) < 4.78 is 0.861. The van der Waals surface area contributed by atoms with Gasteiger partial charge < -0.3 is 11.1 Å². The maximum absolute atomic E-state index is 10.7. The zero-order valence-electron chi connectivity index (χ0n) is 9.93. The van der Waals surface area contributed by atoms with E-state index in [0.29, 0.717) is 0 Å². The van der Waals surface area contributed by atoms with Crippen LogP contribution in [0.4, 0.5) is 11.4 Å². The summed E-state index contributed by atoms with van der Waals surface area (Å²) in [6.45, 7) is 0. The van der Waals surface area contributed by atoms with Crippen molar-refractivity contribution in [2.75, 3.05) is 5.32 Å². The van der Waals surface area contributed by atoms with Gasteiger partial charge in [-0.25, -0.2) is 0 Å². The summed E-state index contributed by atoms with van der Waals surface area (Å²) in [4.78, 5) is 10.3. The van der Waals surface area contributed by atoms with E-state index in [2.05, 4.69) is 27.9 Å². The predicted octanol–water partition coefficient (Wildman–Crippen LogP) is 2.88. The van der Waals surface area contributed by atoms with Gasteiger partial charge in [0.15, 0.2) is 0 Å². The quantitative estimate of drug-likeness (QED) is 0.493. The molecule has 18 heavy (non-hydrogen) atoms. The Labute approximate surface area is 119 Å². The Balaban J connectivity index is 2.11. The Morgan fingerprint density at radius 3 is 2.72 bits per heavy atom. The van der Waals surface area contributed by atoms with Crippen molar-refractivity contribution in [2.24, 2.45) is 5.73 Å². The van der Waals surface area contributed by atoms with E-state index < -0.39 is 0 Å². The second-order valence-electron chi connectivity index (χ2n) is 4.62. The molecule has 98 valence electrons. The van der Waals surface area contributed by atoms with Gasteiger partial charge in [0.1, 0.15) is 0 Å². The molecule has 1 saturated carbocycles. The first kappa shape index (κ1) is 13.5. The van der Waals surface area contributed by atoms with Crippen molar-refractivity contribution in [2.45, 2.75) is 37.8 Å². The number of nitrogens with one attached hydrogen (secondary N) is 1. The third-order valence-electron chi connectivity index (χ3n) is 3.32. The molecule has 1 aromatic carbocycles. The SMILES string of the molecule is N[C@@H]1CCCC[C@H]1Nc1ccc([N+](=O)[O-])cc1I. The maximum atomic E-state index is 10.7. The molecule has 1 fully saturated rings. The average Bonchev–Trinajstić information content (AvgIpc) is 2.34. The van der Waals surface area contributed by atoms with Gasteiger partial charge in [0, 0.05) is 33.5 Å². The zero-order chi connectivity index (χ0) is 13.1. The van der Waals surface area contributed by atoms with Gasteiger partial charge >= 0.3 is 0 Å². The molecule has 0 saturated heterocycles. The minimum absolute atomic E-state index is 0.123. The molecule has 0 amide bonds. The Hall–Kier alpha value is -0.890. The molecule has 0 radical (unpaired) electrons. The van der Waals surface area contributed by atoms with Crippen LogP contribution in [0.5, 0.6) is 0 Å². The number of anilines is 1. The first-order valence-electron chi connectivity index (χ1n) is 6.04. The van der Waals surface area contributed by atoms with Gasteiger partial charge in [-0.15, -0.1) is 0 Å². The van der Waals surface area contributed by atoms with Gasteiger partial charge in [-0.2, -0.15) is 0 Å². The van der Waals surface area contributed by atoms with Crippen molar-refractivity contribution in [1.82, 2.24) is 0 Å². The number of rotatable bonds is 3. The van der Waals surface area contributed by atoms with Crippen LogP contribution in [0.2, 0.25) is 0 Å². The number of hydrogen-bond donors (Lipinski definition) is 2. The number of halogens is 1. The minimum Gasteiger partial charge on any atom is -0.380 e. The molecule has 3 N–H and O–H groups in total. The minimum atomic E-state index is -0.377. The topological polar surface area (TPSA) is 81.2 Å². The number of non-ortho nitro benzene ring substituents is 1. The first-order valence-corrected chi connectivity index (χ1v) is 7.12. The molecule has 2 atom stereocenters. The summed E-state index contributed by atoms with van der Waals surface area (Å²) in [5, 5.41) is 14.1. The van der Waals surface area contributed by atoms with E-state index in [0.717, 1.165) is 22.1 Å². The molecular weight excluding hydrogens is 345 g/mol. The molecule has 0 bridgehead atoms. The zero-order valence-corrected chi connectivity index (χ0v) is 12.1. The summed E-state index contributed by atoms with van der Waals surface area (Å²) in [5.41, 5.74) is 7.14. The van der Waals surface area contributed by atoms with Gasteiger partial charge in [-0.3, -0.25) is 10.1 Å². The van der Waals surface area contributed by atoms with Crippen molar-refractivity contribution in [3.8, 4) is 0 Å². The Bertz CT molecular complexity index is 453. The van der Waals surface area contributed by atoms with Crippen LogP contribution in [0.1, 0.15) is 25.7 Å². The van der Waals surface area contributed by atoms with Crippen LogP contribution < -0.4 is 11.1 Å². The standard InChI is InChI=1S/C12H16IN3O2/c13-9-7-8(16(17)18)5-6-11(9)15-12-4-2-1-3-10(12)14/h5-7,10,12,15H,1-4,14H2/t10-,12-/m1/s1. The molecule has 0 heterocycles. The number of benzene rings is 1. The van der Waals surface area contributed by atoms with E-state index in [4.69, 9.17) is 5.73 Å². The number of nitrogens with zero attached hydrogens (tertiary/aromatic N) is 1. The van der Waals surface area contributed by atoms with Gasteiger partial charge in [0.25, 0.3) is 5.69 Å². The van der Waals surface area contributed by atoms with Gasteiger partial charge in [0.05, 0.1) is 4.92 Å². The van der Waals surface area contributed by atoms with E-state index in [9.17, 15) is 10.1 Å². The summed E-state index contributed by atoms with van der Waals surface area (Å²) in [7, 11) is 0. The molecule has 0 spiro atoms. The fourth-order valence-electron chi connectivity index (χ4n) is 2.27. The van der Waals surface area contributed by atoms with Crippen LogP contribution in [-0.2, 0) is 0 Å². The second kappa shape index (κ2) is 5.83. The molecule has 5 nitrogen and oxygen atoms in total. The smallest absolute Gasteiger partial charge is 0.270 e. The Kier molecular flexibility index (Phi) is 4.39. The number of nitrogens with two attached hydrogens (primary N) is 1. The van der Waals surface area contributed by atoms with Crippen molar-refractivity contribution in [3.63, 3.8) is 0 Å². The highest BCUT2D eigenvalue weighted by Crippen LogP contribution is 2.27. The van der Waals surface area contributed by atoms with Crippen LogP contribution >= 0.6 is 22.6 Å². The van der Waals surface area contributed by atoms with Crippen molar-refractivity contribution >= 4 is 34.0 Å². The molecule has 1 aromatic rings. The van der Waals surface area contributed by atoms with Crippen molar-refractivity contribution in [3.05, 3.63) is 31.9 Å². The van der Waals surface area contributed by atoms with Crippen LogP contribution in [0.15, 0.2) is 18.2 Å². The lowest BCUT2D eigenvalue weighted by molar-refractivity contribution is -0.384. The molecule has 1 aliphatic carbocycles. The number of nitro groups is 1. The van der Waals surface area contributed by atoms with E-state index in [1.54, 1.807) is 12.1 Å². The molecule has 2 rings (SSSR count). The highest BCUT2D eigenvalue weighted by molar-refractivity contribution is 14.1.